The summed E-state index contributed by atoms with van der Waals surface area (Å²) in [5, 5.41) is 19.0. The number of ether oxygens (including phenoxy) is 2. The van der Waals surface area contributed by atoms with E-state index in [2.05, 4.69) is 0 Å². The fourth-order valence-electron chi connectivity index (χ4n) is 2.13. The molecule has 1 aliphatic heterocycles. The fourth-order valence-corrected chi connectivity index (χ4v) is 2.13. The van der Waals surface area contributed by atoms with Gasteiger partial charge in [0, 0.05) is 19.0 Å². The zero-order valence-corrected chi connectivity index (χ0v) is 7.56. The lowest BCUT2D eigenvalue weighted by Gasteiger charge is -2.21. The summed E-state index contributed by atoms with van der Waals surface area (Å²) >= 11 is 0. The van der Waals surface area contributed by atoms with Crippen LogP contribution in [0, 0.1) is 0 Å². The molecular formula is C8H13BO4. The molecule has 0 aromatic heterocycles. The summed E-state index contributed by atoms with van der Waals surface area (Å²) in [5.74, 6) is 0. The van der Waals surface area contributed by atoms with E-state index in [4.69, 9.17) is 22.4 Å². The van der Waals surface area contributed by atoms with E-state index in [0.717, 1.165) is 0 Å². The van der Waals surface area contributed by atoms with Gasteiger partial charge in [0.15, 0.2) is 0 Å². The van der Waals surface area contributed by atoms with E-state index >= 15 is 0 Å². The Morgan fingerprint density at radius 3 is 2.85 bits per heavy atom. The molecule has 1 saturated heterocycles. The minimum absolute atomic E-state index is 0.208. The highest BCUT2D eigenvalue weighted by Crippen LogP contribution is 2.59. The van der Waals surface area contributed by atoms with Crippen LogP contribution in [-0.2, 0) is 9.47 Å². The van der Waals surface area contributed by atoms with Crippen molar-refractivity contribution in [1.29, 1.82) is 0 Å². The average molecular weight is 184 g/mol. The first-order chi connectivity index (χ1) is 6.09. The normalized spacial score (nSPS) is 53.5. The largest absolute Gasteiger partial charge is 0.393 e. The molecule has 0 aromatic carbocycles. The number of aliphatic hydroxyl groups excluding tert-OH is 1. The van der Waals surface area contributed by atoms with Crippen molar-refractivity contribution in [2.24, 2.45) is 0 Å². The van der Waals surface area contributed by atoms with Crippen LogP contribution in [-0.4, -0.2) is 54.6 Å². The molecule has 0 spiro atoms. The summed E-state index contributed by atoms with van der Waals surface area (Å²) in [7, 11) is 5.61. The predicted octanol–water partition coefficient (Wildman–Crippen LogP) is -1.22. The Morgan fingerprint density at radius 2 is 2.38 bits per heavy atom. The third-order valence-corrected chi connectivity index (χ3v) is 2.95. The first-order valence-corrected chi connectivity index (χ1v) is 4.48. The van der Waals surface area contributed by atoms with Crippen LogP contribution in [0.25, 0.3) is 0 Å². The zero-order chi connectivity index (χ0) is 9.69. The van der Waals surface area contributed by atoms with Crippen LogP contribution in [0.15, 0.2) is 0 Å². The highest BCUT2D eigenvalue weighted by Gasteiger charge is 2.78. The minimum atomic E-state index is -1.07. The quantitative estimate of drug-likeness (QED) is 0.540. The van der Waals surface area contributed by atoms with E-state index in [1.807, 2.05) is 6.92 Å². The SMILES string of the molecule is [B][C@@H]1O[C@@]2(CO)C[C@]2(O)[C@H]1OCC. The van der Waals surface area contributed by atoms with Gasteiger partial charge in [0.05, 0.1) is 6.61 Å². The molecule has 4 nitrogen and oxygen atoms in total. The molecule has 0 unspecified atom stereocenters. The summed E-state index contributed by atoms with van der Waals surface area (Å²) in [4.78, 5) is 0. The van der Waals surface area contributed by atoms with E-state index in [1.54, 1.807) is 0 Å². The molecule has 72 valence electrons. The maximum atomic E-state index is 9.99. The molecule has 13 heavy (non-hydrogen) atoms. The van der Waals surface area contributed by atoms with Crippen LogP contribution in [0.4, 0.5) is 0 Å². The lowest BCUT2D eigenvalue weighted by Crippen LogP contribution is -2.38. The number of aliphatic hydroxyl groups is 2. The highest BCUT2D eigenvalue weighted by atomic mass is 16.6. The van der Waals surface area contributed by atoms with Crippen molar-refractivity contribution in [3.63, 3.8) is 0 Å². The Hall–Kier alpha value is -0.0951. The number of hydrogen-bond acceptors (Lipinski definition) is 4. The van der Waals surface area contributed by atoms with Crippen LogP contribution in [0.1, 0.15) is 13.3 Å². The van der Waals surface area contributed by atoms with Crippen molar-refractivity contribution >= 4 is 7.85 Å². The van der Waals surface area contributed by atoms with Crippen molar-refractivity contribution in [3.8, 4) is 0 Å². The van der Waals surface area contributed by atoms with E-state index in [1.165, 1.54) is 0 Å². The molecule has 2 fully saturated rings. The Bertz CT molecular complexity index is 224. The van der Waals surface area contributed by atoms with Gasteiger partial charge in [-0.15, -0.1) is 0 Å². The standard InChI is InChI=1S/C8H13BO4/c1-2-12-5-6(9)13-7(4-10)3-8(5,7)11/h5-6,10-11H,2-4H2,1H3/t5-,6+,7+,8-/m0/s1. The van der Waals surface area contributed by atoms with Gasteiger partial charge >= 0.3 is 0 Å². The molecule has 2 radical (unpaired) electrons. The Labute approximate surface area is 78.2 Å². The lowest BCUT2D eigenvalue weighted by molar-refractivity contribution is -0.0478. The summed E-state index contributed by atoms with van der Waals surface area (Å²) in [6.07, 6.45) is -0.0980. The van der Waals surface area contributed by atoms with Crippen molar-refractivity contribution < 1.29 is 19.7 Å². The van der Waals surface area contributed by atoms with Crippen LogP contribution >= 0.6 is 0 Å². The van der Waals surface area contributed by atoms with Crippen molar-refractivity contribution in [3.05, 3.63) is 0 Å². The smallest absolute Gasteiger partial charge is 0.127 e. The third-order valence-electron chi connectivity index (χ3n) is 2.95. The molecule has 0 aromatic rings. The molecule has 2 rings (SSSR count). The van der Waals surface area contributed by atoms with Crippen LogP contribution in [0.3, 0.4) is 0 Å². The summed E-state index contributed by atoms with van der Waals surface area (Å²) in [6.45, 7) is 2.10. The zero-order valence-electron chi connectivity index (χ0n) is 7.56. The average Bonchev–Trinajstić information content (AvgIpc) is 2.62. The highest BCUT2D eigenvalue weighted by molar-refractivity contribution is 6.12. The number of rotatable bonds is 3. The third kappa shape index (κ3) is 1.02. The maximum absolute atomic E-state index is 9.99. The maximum Gasteiger partial charge on any atom is 0.127 e. The molecule has 2 aliphatic rings. The molecule has 5 heteroatoms. The molecule has 2 N–H and O–H groups in total. The summed E-state index contributed by atoms with van der Waals surface area (Å²) in [5.41, 5.74) is -1.93. The second-order valence-corrected chi connectivity index (χ2v) is 3.71. The second-order valence-electron chi connectivity index (χ2n) is 3.71. The molecule has 0 amide bonds. The minimum Gasteiger partial charge on any atom is -0.393 e. The van der Waals surface area contributed by atoms with Gasteiger partial charge in [-0.25, -0.2) is 0 Å². The molecular weight excluding hydrogens is 171 g/mol. The number of fused-ring (bicyclic) bond motifs is 1. The first-order valence-electron chi connectivity index (χ1n) is 4.48. The Morgan fingerprint density at radius 1 is 1.69 bits per heavy atom. The monoisotopic (exact) mass is 184 g/mol. The van der Waals surface area contributed by atoms with E-state index < -0.39 is 23.3 Å². The van der Waals surface area contributed by atoms with Gasteiger partial charge < -0.3 is 19.7 Å². The Balaban J connectivity index is 2.14. The molecule has 1 heterocycles. The molecule has 4 atom stereocenters. The lowest BCUT2D eigenvalue weighted by atomic mass is 9.91. The number of hydrogen-bond donors (Lipinski definition) is 2. The van der Waals surface area contributed by atoms with Crippen LogP contribution < -0.4 is 0 Å². The van der Waals surface area contributed by atoms with E-state index in [9.17, 15) is 5.11 Å². The van der Waals surface area contributed by atoms with Crippen molar-refractivity contribution in [2.45, 2.75) is 36.7 Å². The summed E-state index contributed by atoms with van der Waals surface area (Å²) < 4.78 is 10.6. The fraction of sp³-hybridized carbons (Fsp3) is 1.00. The van der Waals surface area contributed by atoms with Crippen LogP contribution in [0.5, 0.6) is 0 Å². The van der Waals surface area contributed by atoms with Gasteiger partial charge in [-0.05, 0) is 6.92 Å². The van der Waals surface area contributed by atoms with Gasteiger partial charge in [-0.1, -0.05) is 0 Å². The van der Waals surface area contributed by atoms with Crippen molar-refractivity contribution in [1.82, 2.24) is 0 Å². The topological polar surface area (TPSA) is 58.9 Å². The first kappa shape index (κ1) is 9.46. The van der Waals surface area contributed by atoms with E-state index in [-0.39, 0.29) is 6.61 Å². The Kier molecular flexibility index (Phi) is 1.96. The van der Waals surface area contributed by atoms with Gasteiger partial charge in [0.25, 0.3) is 0 Å². The van der Waals surface area contributed by atoms with Gasteiger partial charge in [-0.2, -0.15) is 0 Å². The second kappa shape index (κ2) is 2.70. The van der Waals surface area contributed by atoms with Crippen LogP contribution in [0.2, 0.25) is 0 Å². The van der Waals surface area contributed by atoms with E-state index in [0.29, 0.717) is 13.0 Å². The predicted molar refractivity (Wildman–Crippen MR) is 45.4 cm³/mol. The van der Waals surface area contributed by atoms with Gasteiger partial charge in [-0.3, -0.25) is 0 Å². The molecule has 1 aliphatic carbocycles. The molecule has 1 saturated carbocycles. The molecule has 0 bridgehead atoms. The van der Waals surface area contributed by atoms with Gasteiger partial charge in [0.1, 0.15) is 25.2 Å². The van der Waals surface area contributed by atoms with Crippen molar-refractivity contribution in [2.75, 3.05) is 13.2 Å². The summed E-state index contributed by atoms with van der Waals surface area (Å²) in [6, 6.07) is -0.633. The van der Waals surface area contributed by atoms with Gasteiger partial charge in [0.2, 0.25) is 0 Å².